The average molecular weight is 325 g/mol. The predicted octanol–water partition coefficient (Wildman–Crippen LogP) is 4.31. The van der Waals surface area contributed by atoms with Gasteiger partial charge in [0.1, 0.15) is 5.52 Å². The zero-order chi connectivity index (χ0) is 17.1. The number of rotatable bonds is 3. The predicted molar refractivity (Wildman–Crippen MR) is 98.9 cm³/mol. The van der Waals surface area contributed by atoms with Gasteiger partial charge in [-0.05, 0) is 29.3 Å². The minimum atomic E-state index is -0.205. The molecule has 0 bridgehead atoms. The summed E-state index contributed by atoms with van der Waals surface area (Å²) >= 11 is 0. The maximum absolute atomic E-state index is 13.2. The number of aromatic nitrogens is 3. The van der Waals surface area contributed by atoms with E-state index in [4.69, 9.17) is 0 Å². The minimum Gasteiger partial charge on any atom is -0.267 e. The standard InChI is InChI=1S/C21H15N3O/c25-21(24-20-14-8-7-13-19(20)22-23-24)18(17-11-5-2-6-12-17)15-16-9-3-1-4-10-16/h1-15H. The van der Waals surface area contributed by atoms with Crippen LogP contribution in [-0.4, -0.2) is 20.9 Å². The van der Waals surface area contributed by atoms with Crippen LogP contribution in [0.3, 0.4) is 0 Å². The van der Waals surface area contributed by atoms with Crippen molar-refractivity contribution in [2.75, 3.05) is 0 Å². The van der Waals surface area contributed by atoms with Crippen molar-refractivity contribution in [3.8, 4) is 0 Å². The maximum atomic E-state index is 13.2. The second kappa shape index (κ2) is 6.53. The number of allylic oxidation sites excluding steroid dienone is 1. The van der Waals surface area contributed by atoms with Crippen LogP contribution in [0.2, 0.25) is 0 Å². The molecule has 0 atom stereocenters. The van der Waals surface area contributed by atoms with Crippen molar-refractivity contribution in [1.82, 2.24) is 15.0 Å². The smallest absolute Gasteiger partial charge is 0.267 e. The highest BCUT2D eigenvalue weighted by molar-refractivity contribution is 6.26. The van der Waals surface area contributed by atoms with E-state index in [1.54, 1.807) is 0 Å². The van der Waals surface area contributed by atoms with E-state index in [-0.39, 0.29) is 5.91 Å². The Morgan fingerprint density at radius 1 is 0.800 bits per heavy atom. The van der Waals surface area contributed by atoms with E-state index in [1.165, 1.54) is 4.68 Å². The first kappa shape index (κ1) is 15.0. The third kappa shape index (κ3) is 2.97. The third-order valence-electron chi connectivity index (χ3n) is 3.97. The Hall–Kier alpha value is -3.53. The van der Waals surface area contributed by atoms with E-state index in [0.29, 0.717) is 16.6 Å². The highest BCUT2D eigenvalue weighted by atomic mass is 16.2. The SMILES string of the molecule is O=C(C(=Cc1ccccc1)c1ccccc1)n1nnc2ccccc21. The van der Waals surface area contributed by atoms with Crippen LogP contribution in [0.5, 0.6) is 0 Å². The summed E-state index contributed by atoms with van der Waals surface area (Å²) in [5, 5.41) is 8.15. The summed E-state index contributed by atoms with van der Waals surface area (Å²) in [6, 6.07) is 26.8. The molecule has 0 saturated carbocycles. The van der Waals surface area contributed by atoms with Crippen LogP contribution in [0.4, 0.5) is 0 Å². The zero-order valence-corrected chi connectivity index (χ0v) is 13.4. The summed E-state index contributed by atoms with van der Waals surface area (Å²) in [5.74, 6) is -0.205. The Morgan fingerprint density at radius 3 is 2.20 bits per heavy atom. The van der Waals surface area contributed by atoms with Crippen molar-refractivity contribution in [1.29, 1.82) is 0 Å². The summed E-state index contributed by atoms with van der Waals surface area (Å²) in [5.41, 5.74) is 3.77. The minimum absolute atomic E-state index is 0.205. The molecule has 0 N–H and O–H groups in total. The van der Waals surface area contributed by atoms with Gasteiger partial charge in [-0.1, -0.05) is 78.0 Å². The quantitative estimate of drug-likeness (QED) is 0.416. The number of hydrogen-bond donors (Lipinski definition) is 0. The number of nitrogens with zero attached hydrogens (tertiary/aromatic N) is 3. The van der Waals surface area contributed by atoms with E-state index in [9.17, 15) is 4.79 Å². The Labute approximate surface area is 145 Å². The van der Waals surface area contributed by atoms with Crippen LogP contribution in [0.1, 0.15) is 15.9 Å². The molecule has 4 nitrogen and oxygen atoms in total. The molecule has 1 aromatic heterocycles. The van der Waals surface area contributed by atoms with Gasteiger partial charge in [0.2, 0.25) is 0 Å². The third-order valence-corrected chi connectivity index (χ3v) is 3.97. The first-order valence-corrected chi connectivity index (χ1v) is 8.00. The van der Waals surface area contributed by atoms with Crippen LogP contribution in [0, 0.1) is 0 Å². The molecule has 0 saturated heterocycles. The lowest BCUT2D eigenvalue weighted by atomic mass is 10.0. The van der Waals surface area contributed by atoms with Gasteiger partial charge in [0.25, 0.3) is 5.91 Å². The molecule has 0 fully saturated rings. The second-order valence-electron chi connectivity index (χ2n) is 5.63. The molecule has 4 aromatic rings. The average Bonchev–Trinajstić information content (AvgIpc) is 3.11. The monoisotopic (exact) mass is 325 g/mol. The Kier molecular flexibility index (Phi) is 3.92. The van der Waals surface area contributed by atoms with Gasteiger partial charge in [-0.25, -0.2) is 0 Å². The normalized spacial score (nSPS) is 11.6. The van der Waals surface area contributed by atoms with Gasteiger partial charge < -0.3 is 0 Å². The van der Waals surface area contributed by atoms with Gasteiger partial charge in [-0.3, -0.25) is 4.79 Å². The molecule has 0 radical (unpaired) electrons. The summed E-state index contributed by atoms with van der Waals surface area (Å²) in [6.07, 6.45) is 1.88. The molecule has 0 amide bonds. The largest absolute Gasteiger partial charge is 0.280 e. The number of carbonyl (C=O) groups is 1. The van der Waals surface area contributed by atoms with Crippen LogP contribution in [0.15, 0.2) is 84.9 Å². The lowest BCUT2D eigenvalue weighted by molar-refractivity contribution is 0.0969. The number of para-hydroxylation sites is 1. The molecule has 25 heavy (non-hydrogen) atoms. The van der Waals surface area contributed by atoms with Crippen LogP contribution < -0.4 is 0 Å². The Morgan fingerprint density at radius 2 is 1.44 bits per heavy atom. The van der Waals surface area contributed by atoms with Crippen molar-refractivity contribution in [3.63, 3.8) is 0 Å². The fraction of sp³-hybridized carbons (Fsp3) is 0. The fourth-order valence-corrected chi connectivity index (χ4v) is 2.74. The molecule has 4 rings (SSSR count). The first-order valence-electron chi connectivity index (χ1n) is 8.00. The van der Waals surface area contributed by atoms with Gasteiger partial charge in [0.05, 0.1) is 5.52 Å². The van der Waals surface area contributed by atoms with E-state index in [1.807, 2.05) is 91.0 Å². The van der Waals surface area contributed by atoms with E-state index >= 15 is 0 Å². The van der Waals surface area contributed by atoms with Gasteiger partial charge in [0.15, 0.2) is 0 Å². The van der Waals surface area contributed by atoms with Gasteiger partial charge in [-0.15, -0.1) is 5.10 Å². The second-order valence-corrected chi connectivity index (χ2v) is 5.63. The number of hydrogen-bond acceptors (Lipinski definition) is 3. The van der Waals surface area contributed by atoms with Crippen LogP contribution in [-0.2, 0) is 0 Å². The molecule has 4 heteroatoms. The highest BCUT2D eigenvalue weighted by Gasteiger charge is 2.18. The number of benzene rings is 3. The maximum Gasteiger partial charge on any atom is 0.280 e. The number of fused-ring (bicyclic) bond motifs is 1. The molecular formula is C21H15N3O. The molecule has 0 spiro atoms. The first-order chi connectivity index (χ1) is 12.3. The van der Waals surface area contributed by atoms with Gasteiger partial charge in [0, 0.05) is 5.57 Å². The summed E-state index contributed by atoms with van der Waals surface area (Å²) < 4.78 is 1.36. The lowest BCUT2D eigenvalue weighted by Crippen LogP contribution is -2.14. The van der Waals surface area contributed by atoms with E-state index < -0.39 is 0 Å². The molecular weight excluding hydrogens is 310 g/mol. The van der Waals surface area contributed by atoms with Crippen molar-refractivity contribution in [2.24, 2.45) is 0 Å². The lowest BCUT2D eigenvalue weighted by Gasteiger charge is -2.08. The van der Waals surface area contributed by atoms with Crippen LogP contribution in [0.25, 0.3) is 22.7 Å². The van der Waals surface area contributed by atoms with Crippen molar-refractivity contribution in [3.05, 3.63) is 96.1 Å². The molecule has 0 aliphatic heterocycles. The molecule has 3 aromatic carbocycles. The van der Waals surface area contributed by atoms with Crippen molar-refractivity contribution in [2.45, 2.75) is 0 Å². The van der Waals surface area contributed by atoms with E-state index in [2.05, 4.69) is 10.3 Å². The highest BCUT2D eigenvalue weighted by Crippen LogP contribution is 2.22. The molecule has 120 valence electrons. The molecule has 0 aliphatic rings. The summed E-state index contributed by atoms with van der Waals surface area (Å²) in [4.78, 5) is 13.2. The Bertz CT molecular complexity index is 1050. The summed E-state index contributed by atoms with van der Waals surface area (Å²) in [7, 11) is 0. The van der Waals surface area contributed by atoms with Gasteiger partial charge in [-0.2, -0.15) is 4.68 Å². The van der Waals surface area contributed by atoms with Crippen LogP contribution >= 0.6 is 0 Å². The number of carbonyl (C=O) groups excluding carboxylic acids is 1. The topological polar surface area (TPSA) is 47.8 Å². The van der Waals surface area contributed by atoms with Gasteiger partial charge >= 0.3 is 0 Å². The van der Waals surface area contributed by atoms with E-state index in [0.717, 1.165) is 11.1 Å². The summed E-state index contributed by atoms with van der Waals surface area (Å²) in [6.45, 7) is 0. The van der Waals surface area contributed by atoms with Crippen molar-refractivity contribution < 1.29 is 4.79 Å². The fourth-order valence-electron chi connectivity index (χ4n) is 2.74. The molecule has 0 aliphatic carbocycles. The molecule has 0 unspecified atom stereocenters. The Balaban J connectivity index is 1.86. The molecule has 1 heterocycles. The zero-order valence-electron chi connectivity index (χ0n) is 13.4. The van der Waals surface area contributed by atoms with Crippen molar-refractivity contribution >= 4 is 28.6 Å².